The number of fused-ring (bicyclic) bond motifs is 2. The van der Waals surface area contributed by atoms with Crippen molar-refractivity contribution in [3.63, 3.8) is 0 Å². The number of nitrogens with one attached hydrogen (secondary N) is 2. The Morgan fingerprint density at radius 2 is 1.30 bits per heavy atom. The average molecular weight is 262 g/mol. The Morgan fingerprint density at radius 1 is 0.700 bits per heavy atom. The van der Waals surface area contributed by atoms with E-state index < -0.39 is 0 Å². The number of hydrogen-bond acceptors (Lipinski definition) is 3. The Bertz CT molecular complexity index is 984. The highest BCUT2D eigenvalue weighted by atomic mass is 16.1. The van der Waals surface area contributed by atoms with Crippen LogP contribution in [0.5, 0.6) is 0 Å². The molecule has 0 aliphatic carbocycles. The fourth-order valence-electron chi connectivity index (χ4n) is 2.44. The van der Waals surface area contributed by atoms with E-state index in [1.54, 1.807) is 6.07 Å². The first-order chi connectivity index (χ1) is 9.84. The van der Waals surface area contributed by atoms with Crippen LogP contribution in [0.4, 0.5) is 0 Å². The molecule has 2 aromatic carbocycles. The van der Waals surface area contributed by atoms with Gasteiger partial charge in [0.2, 0.25) is 0 Å². The van der Waals surface area contributed by atoms with Crippen LogP contribution < -0.4 is 5.56 Å². The van der Waals surface area contributed by atoms with Crippen molar-refractivity contribution in [3.8, 4) is 11.4 Å². The molecule has 4 aromatic rings. The second-order valence-corrected chi connectivity index (χ2v) is 4.56. The van der Waals surface area contributed by atoms with Gasteiger partial charge in [-0.2, -0.15) is 10.2 Å². The summed E-state index contributed by atoms with van der Waals surface area (Å²) in [4.78, 5) is 11.8. The van der Waals surface area contributed by atoms with Gasteiger partial charge in [-0.1, -0.05) is 36.4 Å². The van der Waals surface area contributed by atoms with Gasteiger partial charge in [-0.3, -0.25) is 9.89 Å². The molecule has 96 valence electrons. The minimum atomic E-state index is -0.191. The predicted molar refractivity (Wildman–Crippen MR) is 77.5 cm³/mol. The molecule has 2 heterocycles. The zero-order valence-electron chi connectivity index (χ0n) is 10.4. The quantitative estimate of drug-likeness (QED) is 0.553. The summed E-state index contributed by atoms with van der Waals surface area (Å²) in [5.74, 6) is 0. The third kappa shape index (κ3) is 1.46. The van der Waals surface area contributed by atoms with Gasteiger partial charge in [0.05, 0.1) is 10.9 Å². The number of rotatable bonds is 1. The summed E-state index contributed by atoms with van der Waals surface area (Å²) in [6.07, 6.45) is 0. The second kappa shape index (κ2) is 4.03. The average Bonchev–Trinajstić information content (AvgIpc) is 2.92. The molecular weight excluding hydrogens is 252 g/mol. The normalized spacial score (nSPS) is 11.2. The third-order valence-corrected chi connectivity index (χ3v) is 3.39. The van der Waals surface area contributed by atoms with Gasteiger partial charge in [-0.15, -0.1) is 0 Å². The van der Waals surface area contributed by atoms with Crippen molar-refractivity contribution in [1.29, 1.82) is 0 Å². The molecule has 0 radical (unpaired) electrons. The third-order valence-electron chi connectivity index (χ3n) is 3.39. The van der Waals surface area contributed by atoms with Crippen LogP contribution in [0, 0.1) is 0 Å². The summed E-state index contributed by atoms with van der Waals surface area (Å²) in [7, 11) is 0. The van der Waals surface area contributed by atoms with Crippen molar-refractivity contribution < 1.29 is 0 Å². The molecule has 0 bridgehead atoms. The molecule has 20 heavy (non-hydrogen) atoms. The van der Waals surface area contributed by atoms with E-state index in [0.29, 0.717) is 11.1 Å². The van der Waals surface area contributed by atoms with Crippen molar-refractivity contribution in [2.75, 3.05) is 0 Å². The van der Waals surface area contributed by atoms with E-state index in [1.807, 2.05) is 42.5 Å². The van der Waals surface area contributed by atoms with Crippen molar-refractivity contribution >= 4 is 21.7 Å². The summed E-state index contributed by atoms with van der Waals surface area (Å²) in [6, 6.07) is 15.2. The number of H-pyrrole nitrogens is 2. The predicted octanol–water partition coefficient (Wildman–Crippen LogP) is 2.47. The summed E-state index contributed by atoms with van der Waals surface area (Å²) < 4.78 is 0. The van der Waals surface area contributed by atoms with Gasteiger partial charge in [0.15, 0.2) is 0 Å². The van der Waals surface area contributed by atoms with E-state index in [4.69, 9.17) is 0 Å². The number of aromatic nitrogens is 4. The lowest BCUT2D eigenvalue weighted by Crippen LogP contribution is -2.09. The highest BCUT2D eigenvalue weighted by molar-refractivity contribution is 6.01. The topological polar surface area (TPSA) is 74.4 Å². The first-order valence-electron chi connectivity index (χ1n) is 6.25. The molecule has 5 heteroatoms. The van der Waals surface area contributed by atoms with Crippen LogP contribution in [-0.4, -0.2) is 20.4 Å². The van der Waals surface area contributed by atoms with Gasteiger partial charge in [0, 0.05) is 10.8 Å². The molecule has 0 aliphatic rings. The Hall–Kier alpha value is -2.95. The molecule has 0 unspecified atom stereocenters. The zero-order chi connectivity index (χ0) is 13.5. The van der Waals surface area contributed by atoms with Gasteiger partial charge in [0.25, 0.3) is 5.56 Å². The van der Waals surface area contributed by atoms with E-state index in [2.05, 4.69) is 20.4 Å². The van der Waals surface area contributed by atoms with Crippen LogP contribution in [0.15, 0.2) is 53.3 Å². The number of hydrogen-bond donors (Lipinski definition) is 2. The maximum absolute atomic E-state index is 11.8. The molecule has 0 aliphatic heterocycles. The van der Waals surface area contributed by atoms with Crippen LogP contribution in [-0.2, 0) is 0 Å². The minimum absolute atomic E-state index is 0.191. The van der Waals surface area contributed by atoms with Crippen molar-refractivity contribution in [2.24, 2.45) is 0 Å². The molecule has 0 fully saturated rings. The van der Waals surface area contributed by atoms with Crippen LogP contribution in [0.3, 0.4) is 0 Å². The molecule has 2 aromatic heterocycles. The first-order valence-corrected chi connectivity index (χ1v) is 6.25. The lowest BCUT2D eigenvalue weighted by molar-refractivity contribution is 1.00. The van der Waals surface area contributed by atoms with E-state index >= 15 is 0 Å². The van der Waals surface area contributed by atoms with E-state index in [1.165, 1.54) is 0 Å². The fourth-order valence-corrected chi connectivity index (χ4v) is 2.44. The molecule has 0 saturated heterocycles. The number of aromatic amines is 2. The summed E-state index contributed by atoms with van der Waals surface area (Å²) in [6.45, 7) is 0. The molecule has 5 nitrogen and oxygen atoms in total. The number of benzene rings is 2. The fraction of sp³-hybridized carbons (Fsp3) is 0. The standard InChI is InChI=1S/C15H10N4O/c20-15-10-6-2-1-5-9(10)13(18-19-15)14-11-7-3-4-8-12(11)16-17-14/h1-8H,(H,16,17)(H,19,20). The minimum Gasteiger partial charge on any atom is -0.277 e. The maximum Gasteiger partial charge on any atom is 0.272 e. The van der Waals surface area contributed by atoms with Crippen LogP contribution in [0.1, 0.15) is 0 Å². The Morgan fingerprint density at radius 3 is 2.15 bits per heavy atom. The zero-order valence-corrected chi connectivity index (χ0v) is 10.4. The van der Waals surface area contributed by atoms with E-state index in [-0.39, 0.29) is 5.56 Å². The van der Waals surface area contributed by atoms with Gasteiger partial charge in [0.1, 0.15) is 11.4 Å². The summed E-state index contributed by atoms with van der Waals surface area (Å²) >= 11 is 0. The monoisotopic (exact) mass is 262 g/mol. The van der Waals surface area contributed by atoms with Crippen LogP contribution in [0.2, 0.25) is 0 Å². The lowest BCUT2D eigenvalue weighted by Gasteiger charge is -2.02. The second-order valence-electron chi connectivity index (χ2n) is 4.56. The highest BCUT2D eigenvalue weighted by Gasteiger charge is 2.13. The van der Waals surface area contributed by atoms with Gasteiger partial charge in [-0.25, -0.2) is 5.10 Å². The first kappa shape index (κ1) is 10.9. The van der Waals surface area contributed by atoms with Crippen molar-refractivity contribution in [1.82, 2.24) is 20.4 Å². The van der Waals surface area contributed by atoms with Crippen molar-refractivity contribution in [2.45, 2.75) is 0 Å². The molecular formula is C15H10N4O. The number of para-hydroxylation sites is 1. The molecule has 0 atom stereocenters. The summed E-state index contributed by atoms with van der Waals surface area (Å²) in [5, 5.41) is 16.4. The molecule has 0 amide bonds. The van der Waals surface area contributed by atoms with E-state index in [9.17, 15) is 4.79 Å². The highest BCUT2D eigenvalue weighted by Crippen LogP contribution is 2.28. The maximum atomic E-state index is 11.8. The van der Waals surface area contributed by atoms with Crippen LogP contribution >= 0.6 is 0 Å². The van der Waals surface area contributed by atoms with Crippen LogP contribution in [0.25, 0.3) is 33.1 Å². The molecule has 0 saturated carbocycles. The van der Waals surface area contributed by atoms with E-state index in [0.717, 1.165) is 22.0 Å². The largest absolute Gasteiger partial charge is 0.277 e. The smallest absolute Gasteiger partial charge is 0.272 e. The molecule has 0 spiro atoms. The Labute approximate surface area is 113 Å². The lowest BCUT2D eigenvalue weighted by atomic mass is 10.1. The summed E-state index contributed by atoms with van der Waals surface area (Å²) in [5.41, 5.74) is 2.18. The molecule has 4 rings (SSSR count). The van der Waals surface area contributed by atoms with Gasteiger partial charge in [-0.05, 0) is 12.1 Å². The van der Waals surface area contributed by atoms with Gasteiger partial charge < -0.3 is 0 Å². The Balaban J connectivity index is 2.13. The number of nitrogens with zero attached hydrogens (tertiary/aromatic N) is 2. The SMILES string of the molecule is O=c1[nH]nc(-c2n[nH]c3ccccc23)c2ccccc12. The Kier molecular flexibility index (Phi) is 2.20. The van der Waals surface area contributed by atoms with Gasteiger partial charge >= 0.3 is 0 Å². The molecule has 2 N–H and O–H groups in total. The van der Waals surface area contributed by atoms with Crippen molar-refractivity contribution in [3.05, 3.63) is 58.9 Å².